The fourth-order valence-electron chi connectivity index (χ4n) is 5.16. The lowest BCUT2D eigenvalue weighted by Crippen LogP contribution is -2.39. The molecular weight excluding hydrogens is 504 g/mol. The van der Waals surface area contributed by atoms with Crippen LogP contribution >= 0.6 is 11.6 Å². The van der Waals surface area contributed by atoms with E-state index >= 15 is 0 Å². The minimum atomic E-state index is -1.15. The molecule has 2 atom stereocenters. The maximum absolute atomic E-state index is 14.6. The van der Waals surface area contributed by atoms with Gasteiger partial charge >= 0.3 is 0 Å². The molecule has 0 unspecified atom stereocenters. The highest BCUT2D eigenvalue weighted by atomic mass is 35.5. The van der Waals surface area contributed by atoms with Gasteiger partial charge in [-0.05, 0) is 77.1 Å². The molecule has 1 amide bonds. The van der Waals surface area contributed by atoms with Gasteiger partial charge in [0, 0.05) is 18.0 Å². The summed E-state index contributed by atoms with van der Waals surface area (Å²) in [5.41, 5.74) is 5.94. The summed E-state index contributed by atoms with van der Waals surface area (Å²) in [5, 5.41) is 15.9. The SMILES string of the molecule is C=N/C(=N\c1c(C)nc(Nc2ccc(Cl)c(F)c2F)n1[C@H]1CC[C@@H](C(N)=O)CC1)N[C@H]1CCC[C@H](O)C1. The van der Waals surface area contributed by atoms with Gasteiger partial charge in [-0.25, -0.2) is 18.8 Å². The first kappa shape index (κ1) is 27.0. The summed E-state index contributed by atoms with van der Waals surface area (Å²) in [5.74, 6) is -1.78. The predicted molar refractivity (Wildman–Crippen MR) is 140 cm³/mol. The van der Waals surface area contributed by atoms with Crippen molar-refractivity contribution < 1.29 is 18.7 Å². The summed E-state index contributed by atoms with van der Waals surface area (Å²) in [6.45, 7) is 5.40. The number of rotatable bonds is 6. The topological polar surface area (TPSA) is 130 Å². The zero-order valence-corrected chi connectivity index (χ0v) is 21.4. The van der Waals surface area contributed by atoms with Gasteiger partial charge in [0.05, 0.1) is 22.5 Å². The normalized spacial score (nSPS) is 24.5. The molecule has 12 heteroatoms. The summed E-state index contributed by atoms with van der Waals surface area (Å²) >= 11 is 5.71. The molecule has 1 aromatic heterocycles. The fourth-order valence-corrected chi connectivity index (χ4v) is 5.30. The van der Waals surface area contributed by atoms with Gasteiger partial charge in [0.15, 0.2) is 17.5 Å². The van der Waals surface area contributed by atoms with Crippen molar-refractivity contribution in [2.24, 2.45) is 21.6 Å². The van der Waals surface area contributed by atoms with Gasteiger partial charge in [-0.1, -0.05) is 11.6 Å². The number of carbonyl (C=O) groups excluding carboxylic acids is 1. The predicted octanol–water partition coefficient (Wildman–Crippen LogP) is 4.66. The van der Waals surface area contributed by atoms with Crippen molar-refractivity contribution in [1.82, 2.24) is 14.9 Å². The van der Waals surface area contributed by atoms with E-state index in [0.29, 0.717) is 43.6 Å². The van der Waals surface area contributed by atoms with Crippen LogP contribution in [0.2, 0.25) is 5.02 Å². The Hall–Kier alpha value is -3.05. The number of aliphatic hydroxyl groups is 1. The van der Waals surface area contributed by atoms with Gasteiger partial charge in [-0.2, -0.15) is 4.99 Å². The number of imidazole rings is 1. The molecule has 5 N–H and O–H groups in total. The second-order valence-electron chi connectivity index (χ2n) is 9.73. The molecule has 2 aromatic rings. The Morgan fingerprint density at radius 3 is 2.59 bits per heavy atom. The van der Waals surface area contributed by atoms with Crippen molar-refractivity contribution in [2.75, 3.05) is 5.32 Å². The standard InChI is InChI=1S/C25H32ClF2N7O2/c1-13-23(34-24(30-2)32-15-4-3-5-17(36)12-15)35(16-8-6-14(7-9-16)22(29)37)25(31-13)33-19-11-10-18(26)20(27)21(19)28/h10-11,14-17,36H,2-9,12H2,1H3,(H2,29,37)(H,31,33)(H,32,34)/t14-,15-,16+,17-/m0/s1. The van der Waals surface area contributed by atoms with Crippen LogP contribution in [0.5, 0.6) is 0 Å². The maximum atomic E-state index is 14.6. The number of halogens is 3. The van der Waals surface area contributed by atoms with Crippen molar-refractivity contribution in [3.05, 3.63) is 34.5 Å². The first-order chi connectivity index (χ1) is 17.7. The van der Waals surface area contributed by atoms with Crippen LogP contribution in [0.1, 0.15) is 63.1 Å². The van der Waals surface area contributed by atoms with Crippen LogP contribution in [0.15, 0.2) is 22.1 Å². The Morgan fingerprint density at radius 2 is 1.95 bits per heavy atom. The molecule has 2 aliphatic rings. The maximum Gasteiger partial charge on any atom is 0.224 e. The van der Waals surface area contributed by atoms with E-state index < -0.39 is 11.6 Å². The Labute approximate surface area is 219 Å². The summed E-state index contributed by atoms with van der Waals surface area (Å²) < 4.78 is 30.6. The van der Waals surface area contributed by atoms with Crippen LogP contribution in [0, 0.1) is 24.5 Å². The van der Waals surface area contributed by atoms with E-state index in [1.807, 2.05) is 4.57 Å². The molecule has 0 bridgehead atoms. The number of carbonyl (C=O) groups is 1. The Morgan fingerprint density at radius 1 is 1.22 bits per heavy atom. The minimum Gasteiger partial charge on any atom is -0.393 e. The van der Waals surface area contributed by atoms with Gasteiger partial charge < -0.3 is 21.5 Å². The number of aliphatic imine (C=N–C) groups is 2. The van der Waals surface area contributed by atoms with Crippen LogP contribution in [0.25, 0.3) is 0 Å². The quantitative estimate of drug-likeness (QED) is 0.243. The first-order valence-electron chi connectivity index (χ1n) is 12.5. The monoisotopic (exact) mass is 535 g/mol. The van der Waals surface area contributed by atoms with Crippen LogP contribution in [-0.2, 0) is 4.79 Å². The van der Waals surface area contributed by atoms with Gasteiger partial charge in [0.1, 0.15) is 0 Å². The number of primary amides is 1. The van der Waals surface area contributed by atoms with E-state index in [1.165, 1.54) is 12.1 Å². The van der Waals surface area contributed by atoms with E-state index in [1.54, 1.807) is 6.92 Å². The van der Waals surface area contributed by atoms with E-state index in [-0.39, 0.29) is 52.6 Å². The average molecular weight is 536 g/mol. The summed E-state index contributed by atoms with van der Waals surface area (Å²) in [6, 6.07) is 2.48. The fraction of sp³-hybridized carbons (Fsp3) is 0.520. The molecule has 1 heterocycles. The highest BCUT2D eigenvalue weighted by Gasteiger charge is 2.30. The number of aryl methyl sites for hydroxylation is 1. The molecule has 2 saturated carbocycles. The molecule has 1 aromatic carbocycles. The van der Waals surface area contributed by atoms with Gasteiger partial charge in [0.2, 0.25) is 17.8 Å². The number of aromatic nitrogens is 2. The number of nitrogens with one attached hydrogen (secondary N) is 2. The van der Waals surface area contributed by atoms with Gasteiger partial charge in [-0.15, -0.1) is 0 Å². The second kappa shape index (κ2) is 11.6. The van der Waals surface area contributed by atoms with Crippen molar-refractivity contribution in [1.29, 1.82) is 0 Å². The Kier molecular flexibility index (Phi) is 8.43. The number of benzene rings is 1. The zero-order chi connectivity index (χ0) is 26.7. The van der Waals surface area contributed by atoms with Gasteiger partial charge in [0.25, 0.3) is 0 Å². The number of aliphatic hydroxyl groups excluding tert-OH is 1. The molecule has 2 aliphatic carbocycles. The van der Waals surface area contributed by atoms with Crippen LogP contribution in [0.3, 0.4) is 0 Å². The van der Waals surface area contributed by atoms with Gasteiger partial charge in [-0.3, -0.25) is 9.36 Å². The summed E-state index contributed by atoms with van der Waals surface area (Å²) in [4.78, 5) is 25.1. The van der Waals surface area contributed by atoms with E-state index in [9.17, 15) is 18.7 Å². The number of hydrogen-bond donors (Lipinski definition) is 4. The highest BCUT2D eigenvalue weighted by molar-refractivity contribution is 6.30. The molecule has 0 spiro atoms. The lowest BCUT2D eigenvalue weighted by molar-refractivity contribution is -0.122. The first-order valence-corrected chi connectivity index (χ1v) is 12.8. The van der Waals surface area contributed by atoms with Crippen molar-refractivity contribution in [3.8, 4) is 0 Å². The van der Waals surface area contributed by atoms with Crippen LogP contribution < -0.4 is 16.4 Å². The number of amides is 1. The van der Waals surface area contributed by atoms with E-state index in [2.05, 4.69) is 27.3 Å². The van der Waals surface area contributed by atoms with Crippen molar-refractivity contribution in [3.63, 3.8) is 0 Å². The van der Waals surface area contributed by atoms with Crippen LogP contribution in [-0.4, -0.2) is 45.4 Å². The van der Waals surface area contributed by atoms with Crippen LogP contribution in [0.4, 0.5) is 26.2 Å². The molecular formula is C25H32ClF2N7O2. The molecule has 0 aliphatic heterocycles. The number of guanidine groups is 1. The lowest BCUT2D eigenvalue weighted by Gasteiger charge is -2.30. The Balaban J connectivity index is 1.70. The number of nitrogens with two attached hydrogens (primary N) is 1. The molecule has 0 saturated heterocycles. The zero-order valence-electron chi connectivity index (χ0n) is 20.7. The Bertz CT molecular complexity index is 1190. The van der Waals surface area contributed by atoms with Crippen molar-refractivity contribution in [2.45, 2.75) is 76.5 Å². The van der Waals surface area contributed by atoms with Crippen molar-refractivity contribution >= 4 is 47.6 Å². The largest absolute Gasteiger partial charge is 0.393 e. The summed E-state index contributed by atoms with van der Waals surface area (Å²) in [6.07, 6.45) is 5.16. The minimum absolute atomic E-state index is 0.000540. The molecule has 4 rings (SSSR count). The third-order valence-corrected chi connectivity index (χ3v) is 7.43. The second-order valence-corrected chi connectivity index (χ2v) is 10.1. The molecule has 200 valence electrons. The highest BCUT2D eigenvalue weighted by Crippen LogP contribution is 2.40. The average Bonchev–Trinajstić information content (AvgIpc) is 3.18. The molecule has 2 fully saturated rings. The number of hydrogen-bond acceptors (Lipinski definition) is 5. The molecule has 9 nitrogen and oxygen atoms in total. The smallest absolute Gasteiger partial charge is 0.224 e. The number of anilines is 2. The van der Waals surface area contributed by atoms with E-state index in [0.717, 1.165) is 19.3 Å². The molecule has 0 radical (unpaired) electrons. The lowest BCUT2D eigenvalue weighted by atomic mass is 9.85. The summed E-state index contributed by atoms with van der Waals surface area (Å²) in [7, 11) is 0. The molecule has 37 heavy (non-hydrogen) atoms. The third kappa shape index (κ3) is 6.10. The third-order valence-electron chi connectivity index (χ3n) is 7.14. The van der Waals surface area contributed by atoms with E-state index in [4.69, 9.17) is 22.3 Å². The number of nitrogens with zero attached hydrogens (tertiary/aromatic N) is 4.